The van der Waals surface area contributed by atoms with E-state index >= 15 is 0 Å². The average molecular weight is 334 g/mol. The molecule has 1 aromatic carbocycles. The van der Waals surface area contributed by atoms with E-state index in [0.29, 0.717) is 18.8 Å². The van der Waals surface area contributed by atoms with E-state index in [-0.39, 0.29) is 6.03 Å². The van der Waals surface area contributed by atoms with Gasteiger partial charge in [-0.15, -0.1) is 0 Å². The lowest BCUT2D eigenvalue weighted by molar-refractivity contribution is 0.208. The maximum atomic E-state index is 12.3. The number of amides is 2. The Hall–Kier alpha value is -2.21. The molecular weight excluding hydrogens is 314 g/mol. The fourth-order valence-corrected chi connectivity index (χ4v) is 2.93. The van der Waals surface area contributed by atoms with Gasteiger partial charge in [-0.2, -0.15) is 5.10 Å². The Kier molecular flexibility index (Phi) is 4.43. The molecule has 6 nitrogen and oxygen atoms in total. The van der Waals surface area contributed by atoms with Crippen molar-refractivity contribution in [1.82, 2.24) is 14.7 Å². The van der Waals surface area contributed by atoms with Gasteiger partial charge in [-0.1, -0.05) is 17.7 Å². The van der Waals surface area contributed by atoms with E-state index in [1.165, 1.54) is 5.56 Å². The van der Waals surface area contributed by atoms with E-state index in [4.69, 9.17) is 11.6 Å². The molecule has 0 spiro atoms. The molecular formula is C16H20ClN5O. The molecule has 0 saturated carbocycles. The maximum absolute atomic E-state index is 12.3. The first kappa shape index (κ1) is 15.7. The van der Waals surface area contributed by atoms with Crippen molar-refractivity contribution >= 4 is 29.0 Å². The van der Waals surface area contributed by atoms with E-state index in [1.54, 1.807) is 17.1 Å². The van der Waals surface area contributed by atoms with E-state index in [1.807, 2.05) is 30.1 Å². The zero-order valence-electron chi connectivity index (χ0n) is 13.3. The number of benzene rings is 1. The van der Waals surface area contributed by atoms with E-state index in [0.717, 1.165) is 23.8 Å². The van der Waals surface area contributed by atoms with Gasteiger partial charge < -0.3 is 15.1 Å². The Morgan fingerprint density at radius 1 is 1.26 bits per heavy atom. The van der Waals surface area contributed by atoms with Gasteiger partial charge in [-0.05, 0) is 24.6 Å². The van der Waals surface area contributed by atoms with Gasteiger partial charge in [0, 0.05) is 50.1 Å². The third-order valence-corrected chi connectivity index (χ3v) is 4.27. The molecule has 2 heterocycles. The van der Waals surface area contributed by atoms with Crippen LogP contribution < -0.4 is 10.2 Å². The summed E-state index contributed by atoms with van der Waals surface area (Å²) >= 11 is 6.10. The lowest BCUT2D eigenvalue weighted by atomic mass is 10.1. The van der Waals surface area contributed by atoms with Crippen LogP contribution in [0.5, 0.6) is 0 Å². The van der Waals surface area contributed by atoms with E-state index < -0.39 is 0 Å². The first-order valence-electron chi connectivity index (χ1n) is 7.58. The molecule has 1 aromatic heterocycles. The van der Waals surface area contributed by atoms with Gasteiger partial charge in [0.2, 0.25) is 0 Å². The van der Waals surface area contributed by atoms with Crippen molar-refractivity contribution in [3.63, 3.8) is 0 Å². The second kappa shape index (κ2) is 6.50. The van der Waals surface area contributed by atoms with Gasteiger partial charge in [-0.3, -0.25) is 4.68 Å². The summed E-state index contributed by atoms with van der Waals surface area (Å²) in [6.45, 7) is 5.02. The van der Waals surface area contributed by atoms with Crippen LogP contribution in [0.2, 0.25) is 5.02 Å². The summed E-state index contributed by atoms with van der Waals surface area (Å²) in [4.78, 5) is 16.4. The van der Waals surface area contributed by atoms with Crippen molar-refractivity contribution in [1.29, 1.82) is 0 Å². The SMILES string of the molecule is Cc1ccc(Cl)cc1N1CCN(C(=O)Nc2cnn(C)c2)CC1. The van der Waals surface area contributed by atoms with Crippen LogP contribution in [0.1, 0.15) is 5.56 Å². The van der Waals surface area contributed by atoms with Gasteiger partial charge in [0.05, 0.1) is 11.9 Å². The standard InChI is InChI=1S/C16H20ClN5O/c1-12-3-4-13(17)9-15(12)21-5-7-22(8-6-21)16(23)19-14-10-18-20(2)11-14/h3-4,9-11H,5-8H2,1-2H3,(H,19,23). The highest BCUT2D eigenvalue weighted by molar-refractivity contribution is 6.30. The van der Waals surface area contributed by atoms with Crippen LogP contribution in [-0.4, -0.2) is 46.9 Å². The highest BCUT2D eigenvalue weighted by Crippen LogP contribution is 2.25. The van der Waals surface area contributed by atoms with Crippen LogP contribution in [0.4, 0.5) is 16.2 Å². The number of hydrogen-bond donors (Lipinski definition) is 1. The minimum atomic E-state index is -0.0829. The summed E-state index contributed by atoms with van der Waals surface area (Å²) < 4.78 is 1.66. The number of nitrogens with one attached hydrogen (secondary N) is 1. The molecule has 1 aliphatic heterocycles. The molecule has 1 aliphatic rings. The number of rotatable bonds is 2. The molecule has 3 rings (SSSR count). The number of urea groups is 1. The summed E-state index contributed by atoms with van der Waals surface area (Å²) in [7, 11) is 1.82. The van der Waals surface area contributed by atoms with Crippen LogP contribution >= 0.6 is 11.6 Å². The van der Waals surface area contributed by atoms with Crippen LogP contribution in [0, 0.1) is 6.92 Å². The minimum Gasteiger partial charge on any atom is -0.368 e. The normalized spacial score (nSPS) is 14.9. The summed E-state index contributed by atoms with van der Waals surface area (Å²) in [6.07, 6.45) is 3.42. The van der Waals surface area contributed by atoms with Gasteiger partial charge in [0.1, 0.15) is 0 Å². The fourth-order valence-electron chi connectivity index (χ4n) is 2.76. The van der Waals surface area contributed by atoms with Crippen LogP contribution in [0.15, 0.2) is 30.6 Å². The van der Waals surface area contributed by atoms with Crippen LogP contribution in [0.25, 0.3) is 0 Å². The Bertz CT molecular complexity index is 706. The number of halogens is 1. The monoisotopic (exact) mass is 333 g/mol. The summed E-state index contributed by atoms with van der Waals surface area (Å²) in [5, 5.41) is 7.66. The molecule has 2 aromatic rings. The molecule has 0 atom stereocenters. The summed E-state index contributed by atoms with van der Waals surface area (Å²) in [5.74, 6) is 0. The number of hydrogen-bond acceptors (Lipinski definition) is 3. The number of carbonyl (C=O) groups is 1. The molecule has 7 heteroatoms. The quantitative estimate of drug-likeness (QED) is 0.919. The van der Waals surface area contributed by atoms with E-state index in [9.17, 15) is 4.79 Å². The number of aryl methyl sites for hydroxylation is 2. The number of nitrogens with zero attached hydrogens (tertiary/aromatic N) is 4. The van der Waals surface area contributed by atoms with Gasteiger partial charge >= 0.3 is 6.03 Å². The second-order valence-electron chi connectivity index (χ2n) is 5.74. The van der Waals surface area contributed by atoms with Crippen LogP contribution in [0.3, 0.4) is 0 Å². The molecule has 0 unspecified atom stereocenters. The first-order chi connectivity index (χ1) is 11.0. The van der Waals surface area contributed by atoms with Crippen molar-refractivity contribution in [2.24, 2.45) is 7.05 Å². The lowest BCUT2D eigenvalue weighted by Crippen LogP contribution is -2.50. The van der Waals surface area contributed by atoms with Crippen LogP contribution in [-0.2, 0) is 7.05 Å². The summed E-state index contributed by atoms with van der Waals surface area (Å²) in [5.41, 5.74) is 3.05. The average Bonchev–Trinajstić information content (AvgIpc) is 2.95. The zero-order valence-corrected chi connectivity index (χ0v) is 14.0. The largest absolute Gasteiger partial charge is 0.368 e. The van der Waals surface area contributed by atoms with Crippen molar-refractivity contribution in [2.75, 3.05) is 36.4 Å². The van der Waals surface area contributed by atoms with Crippen molar-refractivity contribution in [2.45, 2.75) is 6.92 Å². The fraction of sp³-hybridized carbons (Fsp3) is 0.375. The van der Waals surface area contributed by atoms with Crippen molar-refractivity contribution < 1.29 is 4.79 Å². The predicted octanol–water partition coefficient (Wildman–Crippen LogP) is 2.74. The Morgan fingerprint density at radius 2 is 2.00 bits per heavy atom. The van der Waals surface area contributed by atoms with Gasteiger partial charge in [0.25, 0.3) is 0 Å². The molecule has 0 bridgehead atoms. The van der Waals surface area contributed by atoms with Gasteiger partial charge in [0.15, 0.2) is 0 Å². The molecule has 0 radical (unpaired) electrons. The minimum absolute atomic E-state index is 0.0829. The molecule has 1 saturated heterocycles. The molecule has 23 heavy (non-hydrogen) atoms. The highest BCUT2D eigenvalue weighted by atomic mass is 35.5. The number of aromatic nitrogens is 2. The van der Waals surface area contributed by atoms with Gasteiger partial charge in [-0.25, -0.2) is 4.79 Å². The Labute approximate surface area is 140 Å². The third-order valence-electron chi connectivity index (χ3n) is 4.03. The topological polar surface area (TPSA) is 53.4 Å². The zero-order chi connectivity index (χ0) is 16.4. The Balaban J connectivity index is 1.59. The highest BCUT2D eigenvalue weighted by Gasteiger charge is 2.22. The smallest absolute Gasteiger partial charge is 0.322 e. The molecule has 1 N–H and O–H groups in total. The Morgan fingerprint density at radius 3 is 2.65 bits per heavy atom. The van der Waals surface area contributed by atoms with Crippen molar-refractivity contribution in [3.05, 3.63) is 41.2 Å². The molecule has 0 aliphatic carbocycles. The third kappa shape index (κ3) is 3.59. The number of anilines is 2. The second-order valence-corrected chi connectivity index (χ2v) is 6.17. The molecule has 122 valence electrons. The number of carbonyl (C=O) groups excluding carboxylic acids is 1. The lowest BCUT2D eigenvalue weighted by Gasteiger charge is -2.36. The first-order valence-corrected chi connectivity index (χ1v) is 7.96. The predicted molar refractivity (Wildman–Crippen MR) is 92.2 cm³/mol. The maximum Gasteiger partial charge on any atom is 0.322 e. The summed E-state index contributed by atoms with van der Waals surface area (Å²) in [6, 6.07) is 5.83. The van der Waals surface area contributed by atoms with E-state index in [2.05, 4.69) is 22.2 Å². The number of piperazine rings is 1. The van der Waals surface area contributed by atoms with Crippen molar-refractivity contribution in [3.8, 4) is 0 Å². The molecule has 1 fully saturated rings. The molecule has 2 amide bonds.